The van der Waals surface area contributed by atoms with Crippen molar-refractivity contribution < 1.29 is 9.90 Å². The summed E-state index contributed by atoms with van der Waals surface area (Å²) in [5, 5.41) is 9.31. The average Bonchev–Trinajstić information content (AvgIpc) is 2.74. The van der Waals surface area contributed by atoms with Gasteiger partial charge in [-0.1, -0.05) is 0 Å². The number of aliphatic hydroxyl groups excluding tert-OH is 1. The molecule has 0 aliphatic carbocycles. The zero-order valence-corrected chi connectivity index (χ0v) is 12.5. The van der Waals surface area contributed by atoms with E-state index in [1.165, 1.54) is 0 Å². The summed E-state index contributed by atoms with van der Waals surface area (Å²) in [4.78, 5) is 16.8. The molecule has 19 heavy (non-hydrogen) atoms. The maximum Gasteiger partial charge on any atom is 0.225 e. The van der Waals surface area contributed by atoms with Gasteiger partial charge in [-0.3, -0.25) is 9.69 Å². The molecule has 3 heterocycles. The lowest BCUT2D eigenvalue weighted by molar-refractivity contribution is -0.148. The van der Waals surface area contributed by atoms with Crippen molar-refractivity contribution in [2.45, 2.75) is 24.8 Å². The van der Waals surface area contributed by atoms with Crippen LogP contribution in [0.25, 0.3) is 0 Å². The van der Waals surface area contributed by atoms with Gasteiger partial charge >= 0.3 is 0 Å². The number of likely N-dealkylation sites (tertiary alicyclic amines) is 2. The summed E-state index contributed by atoms with van der Waals surface area (Å²) in [6.07, 6.45) is 3.16. The Balaban J connectivity index is 1.55. The Hall–Kier alpha value is -0.260. The van der Waals surface area contributed by atoms with E-state index in [0.29, 0.717) is 11.8 Å². The third kappa shape index (κ3) is 2.41. The van der Waals surface area contributed by atoms with Crippen LogP contribution in [0, 0.1) is 11.8 Å². The maximum absolute atomic E-state index is 12.4. The zero-order chi connectivity index (χ0) is 13.5. The number of amides is 1. The number of aliphatic hydroxyl groups is 1. The minimum atomic E-state index is 0.173. The van der Waals surface area contributed by atoms with Crippen LogP contribution in [0.5, 0.6) is 0 Å². The Morgan fingerprint density at radius 3 is 2.63 bits per heavy atom. The summed E-state index contributed by atoms with van der Waals surface area (Å²) in [6.45, 7) is 3.00. The summed E-state index contributed by atoms with van der Waals surface area (Å²) >= 11 is 1.97. The van der Waals surface area contributed by atoms with Crippen molar-refractivity contribution in [3.05, 3.63) is 0 Å². The van der Waals surface area contributed by atoms with Crippen LogP contribution in [0.4, 0.5) is 0 Å². The lowest BCUT2D eigenvalue weighted by Gasteiger charge is -2.53. The molecule has 0 aromatic carbocycles. The number of thioether (sulfide) groups is 1. The molecule has 0 saturated carbocycles. The Morgan fingerprint density at radius 1 is 1.37 bits per heavy atom. The van der Waals surface area contributed by atoms with E-state index in [9.17, 15) is 9.90 Å². The molecule has 5 heteroatoms. The van der Waals surface area contributed by atoms with Gasteiger partial charge in [0.25, 0.3) is 0 Å². The van der Waals surface area contributed by atoms with Crippen molar-refractivity contribution >= 4 is 17.7 Å². The van der Waals surface area contributed by atoms with Crippen molar-refractivity contribution in [1.29, 1.82) is 0 Å². The zero-order valence-electron chi connectivity index (χ0n) is 11.7. The van der Waals surface area contributed by atoms with Crippen molar-refractivity contribution in [3.63, 3.8) is 0 Å². The van der Waals surface area contributed by atoms with Crippen LogP contribution in [-0.4, -0.2) is 71.1 Å². The molecular formula is C14H24N2O2S. The van der Waals surface area contributed by atoms with E-state index in [1.807, 2.05) is 11.8 Å². The number of rotatable bonds is 2. The molecule has 0 aromatic rings. The molecule has 0 bridgehead atoms. The van der Waals surface area contributed by atoms with Gasteiger partial charge in [-0.25, -0.2) is 0 Å². The fourth-order valence-corrected chi connectivity index (χ4v) is 4.96. The number of hydrogen-bond acceptors (Lipinski definition) is 4. The van der Waals surface area contributed by atoms with Crippen molar-refractivity contribution in [3.8, 4) is 0 Å². The summed E-state index contributed by atoms with van der Waals surface area (Å²) in [5.74, 6) is 3.34. The smallest absolute Gasteiger partial charge is 0.225 e. The van der Waals surface area contributed by atoms with Crippen LogP contribution in [0.1, 0.15) is 19.3 Å². The van der Waals surface area contributed by atoms with Gasteiger partial charge < -0.3 is 10.0 Å². The standard InChI is InChI=1S/C14H24N2O2S/c1-15-7-11(8-17)6-14(15)9-16(10-14)13(18)12-2-4-19-5-3-12/h11-12,17H,2-10H2,1H3/t11-/m0/s1. The first-order chi connectivity index (χ1) is 9.14. The molecule has 1 amide bonds. The van der Waals surface area contributed by atoms with Gasteiger partial charge in [-0.15, -0.1) is 0 Å². The highest BCUT2D eigenvalue weighted by Crippen LogP contribution is 2.40. The third-order valence-electron chi connectivity index (χ3n) is 5.12. The molecule has 0 radical (unpaired) electrons. The highest BCUT2D eigenvalue weighted by Gasteiger charge is 2.53. The predicted octanol–water partition coefficient (Wildman–Crippen LogP) is 0.655. The quantitative estimate of drug-likeness (QED) is 0.809. The molecule has 3 rings (SSSR count). The van der Waals surface area contributed by atoms with E-state index >= 15 is 0 Å². The van der Waals surface area contributed by atoms with Crippen molar-refractivity contribution in [2.75, 3.05) is 44.8 Å². The Labute approximate surface area is 119 Å². The van der Waals surface area contributed by atoms with E-state index in [1.54, 1.807) is 0 Å². The average molecular weight is 284 g/mol. The topological polar surface area (TPSA) is 43.8 Å². The monoisotopic (exact) mass is 284 g/mol. The first kappa shape index (κ1) is 13.7. The Morgan fingerprint density at radius 2 is 2.05 bits per heavy atom. The number of hydrogen-bond donors (Lipinski definition) is 1. The largest absolute Gasteiger partial charge is 0.396 e. The molecule has 1 atom stereocenters. The van der Waals surface area contributed by atoms with E-state index in [2.05, 4.69) is 16.8 Å². The van der Waals surface area contributed by atoms with Gasteiger partial charge in [0.05, 0.1) is 5.54 Å². The van der Waals surface area contributed by atoms with Crippen molar-refractivity contribution in [1.82, 2.24) is 9.80 Å². The van der Waals surface area contributed by atoms with Gasteiger partial charge in [0, 0.05) is 32.2 Å². The van der Waals surface area contributed by atoms with Crippen LogP contribution in [0.3, 0.4) is 0 Å². The Bertz CT molecular complexity index is 351. The van der Waals surface area contributed by atoms with E-state index < -0.39 is 0 Å². The van der Waals surface area contributed by atoms with Crippen LogP contribution >= 0.6 is 11.8 Å². The SMILES string of the molecule is CN1C[C@@H](CO)CC12CN(C(=O)C1CCSCC1)C2. The van der Waals surface area contributed by atoms with Gasteiger partial charge in [0.15, 0.2) is 0 Å². The van der Waals surface area contributed by atoms with Crippen LogP contribution < -0.4 is 0 Å². The molecule has 0 aromatic heterocycles. The lowest BCUT2D eigenvalue weighted by Crippen LogP contribution is -2.68. The highest BCUT2D eigenvalue weighted by molar-refractivity contribution is 7.99. The molecular weight excluding hydrogens is 260 g/mol. The highest BCUT2D eigenvalue weighted by atomic mass is 32.2. The van der Waals surface area contributed by atoms with Crippen LogP contribution in [0.15, 0.2) is 0 Å². The molecule has 4 nitrogen and oxygen atoms in total. The molecule has 108 valence electrons. The third-order valence-corrected chi connectivity index (χ3v) is 6.17. The fourth-order valence-electron chi connectivity index (χ4n) is 3.85. The second-order valence-electron chi connectivity index (χ2n) is 6.44. The fraction of sp³-hybridized carbons (Fsp3) is 0.929. The molecule has 1 N–H and O–H groups in total. The summed E-state index contributed by atoms with van der Waals surface area (Å²) < 4.78 is 0. The number of carbonyl (C=O) groups excluding carboxylic acids is 1. The summed E-state index contributed by atoms with van der Waals surface area (Å²) in [5.41, 5.74) is 0.173. The lowest BCUT2D eigenvalue weighted by atomic mass is 9.83. The van der Waals surface area contributed by atoms with Gasteiger partial charge in [0.1, 0.15) is 0 Å². The Kier molecular flexibility index (Phi) is 3.80. The molecule has 3 aliphatic heterocycles. The van der Waals surface area contributed by atoms with Gasteiger partial charge in [-0.2, -0.15) is 11.8 Å². The first-order valence-electron chi connectivity index (χ1n) is 7.33. The number of nitrogens with zero attached hydrogens (tertiary/aromatic N) is 2. The molecule has 3 aliphatic rings. The van der Waals surface area contributed by atoms with Crippen LogP contribution in [-0.2, 0) is 4.79 Å². The van der Waals surface area contributed by atoms with Crippen LogP contribution in [0.2, 0.25) is 0 Å². The van der Waals surface area contributed by atoms with E-state index in [4.69, 9.17) is 0 Å². The normalized spacial score (nSPS) is 31.7. The summed E-state index contributed by atoms with van der Waals surface area (Å²) in [7, 11) is 2.13. The predicted molar refractivity (Wildman–Crippen MR) is 77.2 cm³/mol. The first-order valence-corrected chi connectivity index (χ1v) is 8.49. The van der Waals surface area contributed by atoms with E-state index in [-0.39, 0.29) is 18.1 Å². The van der Waals surface area contributed by atoms with Gasteiger partial charge in [-0.05, 0) is 43.7 Å². The second-order valence-corrected chi connectivity index (χ2v) is 7.66. The molecule has 3 fully saturated rings. The number of carbonyl (C=O) groups is 1. The minimum absolute atomic E-state index is 0.173. The molecule has 3 saturated heterocycles. The number of likely N-dealkylation sites (N-methyl/N-ethyl adjacent to an activating group) is 1. The molecule has 1 spiro atoms. The van der Waals surface area contributed by atoms with Gasteiger partial charge in [0.2, 0.25) is 5.91 Å². The van der Waals surface area contributed by atoms with E-state index in [0.717, 1.165) is 50.4 Å². The maximum atomic E-state index is 12.4. The second kappa shape index (κ2) is 5.26. The molecule has 0 unspecified atom stereocenters. The summed E-state index contributed by atoms with van der Waals surface area (Å²) in [6, 6.07) is 0. The van der Waals surface area contributed by atoms with Crippen molar-refractivity contribution in [2.24, 2.45) is 11.8 Å². The minimum Gasteiger partial charge on any atom is -0.396 e.